The quantitative estimate of drug-likeness (QED) is 0.898. The van der Waals surface area contributed by atoms with Crippen LogP contribution < -0.4 is 10.5 Å². The molecule has 2 N–H and O–H groups in total. The van der Waals surface area contributed by atoms with Crippen LogP contribution in [0.3, 0.4) is 0 Å². The maximum atomic E-state index is 6.47. The molecular formula is C17H20BrNO. The van der Waals surface area contributed by atoms with Gasteiger partial charge < -0.3 is 10.5 Å². The van der Waals surface area contributed by atoms with E-state index in [1.54, 1.807) is 7.11 Å². The lowest BCUT2D eigenvalue weighted by atomic mass is 9.87. The van der Waals surface area contributed by atoms with E-state index in [9.17, 15) is 0 Å². The topological polar surface area (TPSA) is 35.2 Å². The highest BCUT2D eigenvalue weighted by Gasteiger charge is 2.20. The summed E-state index contributed by atoms with van der Waals surface area (Å²) >= 11 is 3.58. The zero-order valence-corrected chi connectivity index (χ0v) is 13.5. The first kappa shape index (κ1) is 15.1. The van der Waals surface area contributed by atoms with Crippen LogP contribution in [0.4, 0.5) is 0 Å². The molecule has 3 heteroatoms. The lowest BCUT2D eigenvalue weighted by molar-refractivity contribution is 0.414. The van der Waals surface area contributed by atoms with Crippen LogP contribution in [-0.2, 0) is 12.8 Å². The summed E-state index contributed by atoms with van der Waals surface area (Å²) < 4.78 is 6.29. The van der Waals surface area contributed by atoms with Gasteiger partial charge in [-0.05, 0) is 49.1 Å². The largest absolute Gasteiger partial charge is 0.497 e. The van der Waals surface area contributed by atoms with Gasteiger partial charge in [0, 0.05) is 10.0 Å². The average molecular weight is 334 g/mol. The monoisotopic (exact) mass is 333 g/mol. The van der Waals surface area contributed by atoms with Crippen LogP contribution in [0.1, 0.15) is 18.1 Å². The van der Waals surface area contributed by atoms with Crippen molar-refractivity contribution in [3.8, 4) is 5.75 Å². The highest BCUT2D eigenvalue weighted by atomic mass is 79.9. The van der Waals surface area contributed by atoms with E-state index in [0.717, 1.165) is 23.1 Å². The van der Waals surface area contributed by atoms with E-state index >= 15 is 0 Å². The van der Waals surface area contributed by atoms with Crippen molar-refractivity contribution < 1.29 is 4.74 Å². The third-order valence-electron chi connectivity index (χ3n) is 3.32. The van der Waals surface area contributed by atoms with Crippen molar-refractivity contribution in [1.29, 1.82) is 0 Å². The summed E-state index contributed by atoms with van der Waals surface area (Å²) in [7, 11) is 1.68. The fraction of sp³-hybridized carbons (Fsp3) is 0.294. The highest BCUT2D eigenvalue weighted by molar-refractivity contribution is 9.10. The number of methoxy groups -OCH3 is 1. The molecule has 2 nitrogen and oxygen atoms in total. The van der Waals surface area contributed by atoms with Gasteiger partial charge in [-0.25, -0.2) is 0 Å². The van der Waals surface area contributed by atoms with Crippen LogP contribution in [0, 0.1) is 0 Å². The fourth-order valence-corrected chi connectivity index (χ4v) is 2.77. The van der Waals surface area contributed by atoms with Crippen molar-refractivity contribution in [3.63, 3.8) is 0 Å². The Labute approximate surface area is 129 Å². The van der Waals surface area contributed by atoms with E-state index in [-0.39, 0.29) is 5.54 Å². The van der Waals surface area contributed by atoms with Crippen molar-refractivity contribution in [1.82, 2.24) is 0 Å². The second-order valence-corrected chi connectivity index (χ2v) is 6.30. The molecule has 1 atom stereocenters. The Kier molecular flexibility index (Phi) is 4.84. The number of ether oxygens (including phenoxy) is 1. The van der Waals surface area contributed by atoms with Crippen LogP contribution in [0.25, 0.3) is 0 Å². The summed E-state index contributed by atoms with van der Waals surface area (Å²) in [6.07, 6.45) is 1.67. The average Bonchev–Trinajstić information content (AvgIpc) is 2.41. The summed E-state index contributed by atoms with van der Waals surface area (Å²) in [5, 5.41) is 0. The summed E-state index contributed by atoms with van der Waals surface area (Å²) in [6, 6.07) is 16.3. The molecule has 0 aliphatic rings. The Balaban J connectivity index is 2.08. The first-order chi connectivity index (χ1) is 9.50. The molecule has 0 amide bonds. The molecule has 0 radical (unpaired) electrons. The zero-order chi connectivity index (χ0) is 14.6. The van der Waals surface area contributed by atoms with Gasteiger partial charge in [0.15, 0.2) is 0 Å². The second kappa shape index (κ2) is 6.42. The Morgan fingerprint density at radius 1 is 1.05 bits per heavy atom. The molecule has 2 aromatic carbocycles. The van der Waals surface area contributed by atoms with Crippen molar-refractivity contribution >= 4 is 15.9 Å². The van der Waals surface area contributed by atoms with Crippen molar-refractivity contribution in [3.05, 3.63) is 64.1 Å². The minimum absolute atomic E-state index is 0.279. The summed E-state index contributed by atoms with van der Waals surface area (Å²) in [5.74, 6) is 0.873. The Morgan fingerprint density at radius 2 is 1.70 bits per heavy atom. The maximum Gasteiger partial charge on any atom is 0.118 e. The zero-order valence-electron chi connectivity index (χ0n) is 11.9. The van der Waals surface area contributed by atoms with Crippen molar-refractivity contribution in [2.45, 2.75) is 25.3 Å². The predicted molar refractivity (Wildman–Crippen MR) is 87.1 cm³/mol. The number of rotatable bonds is 5. The van der Waals surface area contributed by atoms with Gasteiger partial charge in [0.05, 0.1) is 7.11 Å². The van der Waals surface area contributed by atoms with Crippen LogP contribution in [-0.4, -0.2) is 12.6 Å². The smallest absolute Gasteiger partial charge is 0.118 e. The second-order valence-electron chi connectivity index (χ2n) is 5.45. The third-order valence-corrected chi connectivity index (χ3v) is 4.09. The molecule has 0 spiro atoms. The van der Waals surface area contributed by atoms with E-state index in [1.165, 1.54) is 11.1 Å². The van der Waals surface area contributed by atoms with Gasteiger partial charge >= 0.3 is 0 Å². The number of halogens is 1. The normalized spacial score (nSPS) is 13.8. The lowest BCUT2D eigenvalue weighted by Crippen LogP contribution is -2.41. The van der Waals surface area contributed by atoms with E-state index in [0.29, 0.717) is 0 Å². The summed E-state index contributed by atoms with van der Waals surface area (Å²) in [6.45, 7) is 2.09. The van der Waals surface area contributed by atoms with Crippen LogP contribution in [0.5, 0.6) is 5.75 Å². The SMILES string of the molecule is COc1ccc(CC(C)(N)Cc2ccccc2Br)cc1. The molecule has 106 valence electrons. The van der Waals surface area contributed by atoms with Crippen molar-refractivity contribution in [2.75, 3.05) is 7.11 Å². The van der Waals surface area contributed by atoms with Gasteiger partial charge in [0.25, 0.3) is 0 Å². The van der Waals surface area contributed by atoms with Gasteiger partial charge in [-0.3, -0.25) is 0 Å². The third kappa shape index (κ3) is 4.09. The predicted octanol–water partition coefficient (Wildman–Crippen LogP) is 3.96. The lowest BCUT2D eigenvalue weighted by Gasteiger charge is -2.25. The minimum Gasteiger partial charge on any atom is -0.497 e. The number of nitrogens with two attached hydrogens (primary N) is 1. The molecule has 20 heavy (non-hydrogen) atoms. The maximum absolute atomic E-state index is 6.47. The van der Waals surface area contributed by atoms with Gasteiger partial charge in [0.1, 0.15) is 5.75 Å². The van der Waals surface area contributed by atoms with Crippen LogP contribution in [0.15, 0.2) is 53.0 Å². The van der Waals surface area contributed by atoms with E-state index in [2.05, 4.69) is 47.1 Å². The highest BCUT2D eigenvalue weighted by Crippen LogP contribution is 2.23. The van der Waals surface area contributed by atoms with E-state index in [4.69, 9.17) is 10.5 Å². The number of benzene rings is 2. The van der Waals surface area contributed by atoms with Crippen molar-refractivity contribution in [2.24, 2.45) is 5.73 Å². The molecule has 1 unspecified atom stereocenters. The van der Waals surface area contributed by atoms with Crippen LogP contribution in [0.2, 0.25) is 0 Å². The molecule has 0 heterocycles. The molecule has 0 fully saturated rings. The van der Waals surface area contributed by atoms with Gasteiger partial charge in [0.2, 0.25) is 0 Å². The van der Waals surface area contributed by atoms with E-state index < -0.39 is 0 Å². The summed E-state index contributed by atoms with van der Waals surface area (Å²) in [4.78, 5) is 0. The van der Waals surface area contributed by atoms with Gasteiger partial charge in [-0.2, -0.15) is 0 Å². The number of hydrogen-bond acceptors (Lipinski definition) is 2. The molecule has 0 aromatic heterocycles. The Hall–Kier alpha value is -1.32. The molecule has 2 rings (SSSR count). The molecular weight excluding hydrogens is 314 g/mol. The van der Waals surface area contributed by atoms with E-state index in [1.807, 2.05) is 24.3 Å². The molecule has 0 aliphatic heterocycles. The fourth-order valence-electron chi connectivity index (χ4n) is 2.35. The standard InChI is InChI=1S/C17H20BrNO/c1-17(19,12-14-5-3-4-6-16(14)18)11-13-7-9-15(20-2)10-8-13/h3-10H,11-12,19H2,1-2H3. The Morgan fingerprint density at radius 3 is 2.30 bits per heavy atom. The Bertz CT molecular complexity index is 563. The summed E-state index contributed by atoms with van der Waals surface area (Å²) in [5.41, 5.74) is 8.66. The molecule has 2 aromatic rings. The molecule has 0 bridgehead atoms. The molecule has 0 aliphatic carbocycles. The van der Waals surface area contributed by atoms with Crippen LogP contribution >= 0.6 is 15.9 Å². The van der Waals surface area contributed by atoms with Gasteiger partial charge in [-0.15, -0.1) is 0 Å². The van der Waals surface area contributed by atoms with Gasteiger partial charge in [-0.1, -0.05) is 46.3 Å². The minimum atomic E-state index is -0.279. The first-order valence-electron chi connectivity index (χ1n) is 6.65. The molecule has 0 saturated heterocycles. The first-order valence-corrected chi connectivity index (χ1v) is 7.45. The number of hydrogen-bond donors (Lipinski definition) is 1. The molecule has 0 saturated carbocycles.